The van der Waals surface area contributed by atoms with Gasteiger partial charge in [0, 0.05) is 30.7 Å². The van der Waals surface area contributed by atoms with Crippen molar-refractivity contribution in [1.82, 2.24) is 33.6 Å². The Balaban J connectivity index is 0.000000193. The van der Waals surface area contributed by atoms with E-state index in [1.54, 1.807) is 6.20 Å². The molecule has 0 bridgehead atoms. The number of nitrogens with one attached hydrogen (secondary N) is 4. The first-order valence-corrected chi connectivity index (χ1v) is 19.3. The van der Waals surface area contributed by atoms with Crippen molar-refractivity contribution in [3.63, 3.8) is 0 Å². The highest BCUT2D eigenvalue weighted by molar-refractivity contribution is 7.10. The fraction of sp³-hybridized carbons (Fsp3) is 0.361. The highest BCUT2D eigenvalue weighted by Crippen LogP contribution is 2.26. The van der Waals surface area contributed by atoms with E-state index in [1.807, 2.05) is 61.2 Å². The minimum atomic E-state index is -0.667. The summed E-state index contributed by atoms with van der Waals surface area (Å²) in [7, 11) is 0. The van der Waals surface area contributed by atoms with Crippen LogP contribution in [-0.4, -0.2) is 76.5 Å². The van der Waals surface area contributed by atoms with Crippen LogP contribution in [0.3, 0.4) is 0 Å². The van der Waals surface area contributed by atoms with Gasteiger partial charge in [0.15, 0.2) is 23.0 Å². The SMILES string of the molecule is Cc1cc(Nc2nc(NC3CCCCC3)cnc2C(N)=O)sn1.Cc1cc(Nc2nc(N[C@@H]3CCCN(C(=O)c4ccccc4)C3)cnc2C(N)=O)sn1. The number of benzene rings is 1. The van der Waals surface area contributed by atoms with Gasteiger partial charge in [0.2, 0.25) is 0 Å². The molecule has 16 nitrogen and oxygen atoms in total. The van der Waals surface area contributed by atoms with Crippen LogP contribution in [0.2, 0.25) is 0 Å². The Labute approximate surface area is 320 Å². The zero-order chi connectivity index (χ0) is 38.0. The average Bonchev–Trinajstić information content (AvgIpc) is 3.78. The van der Waals surface area contributed by atoms with Crippen LogP contribution in [0, 0.1) is 13.8 Å². The van der Waals surface area contributed by atoms with Crippen molar-refractivity contribution in [3.05, 3.63) is 83.2 Å². The minimum Gasteiger partial charge on any atom is -0.366 e. The van der Waals surface area contributed by atoms with E-state index in [0.717, 1.165) is 53.6 Å². The quantitative estimate of drug-likeness (QED) is 0.0958. The smallest absolute Gasteiger partial charge is 0.271 e. The second kappa shape index (κ2) is 17.8. The van der Waals surface area contributed by atoms with Gasteiger partial charge < -0.3 is 37.6 Å². The number of hydrogen-bond donors (Lipinski definition) is 6. The number of rotatable bonds is 11. The Bertz CT molecular complexity index is 2070. The number of aryl methyl sites for hydroxylation is 2. The third kappa shape index (κ3) is 10.2. The molecule has 1 saturated carbocycles. The molecule has 54 heavy (non-hydrogen) atoms. The first-order valence-electron chi connectivity index (χ1n) is 17.7. The summed E-state index contributed by atoms with van der Waals surface area (Å²) in [6.45, 7) is 5.06. The number of nitrogens with two attached hydrogens (primary N) is 2. The van der Waals surface area contributed by atoms with Crippen molar-refractivity contribution < 1.29 is 14.4 Å². The molecule has 1 aliphatic carbocycles. The zero-order valence-electron chi connectivity index (χ0n) is 30.0. The number of carbonyl (C=O) groups is 3. The van der Waals surface area contributed by atoms with E-state index in [0.29, 0.717) is 35.6 Å². The van der Waals surface area contributed by atoms with Crippen molar-refractivity contribution in [2.75, 3.05) is 34.4 Å². The van der Waals surface area contributed by atoms with E-state index in [9.17, 15) is 14.4 Å². The van der Waals surface area contributed by atoms with Gasteiger partial charge in [0.1, 0.15) is 21.6 Å². The van der Waals surface area contributed by atoms with Crippen LogP contribution >= 0.6 is 23.1 Å². The van der Waals surface area contributed by atoms with Gasteiger partial charge in [-0.15, -0.1) is 0 Å². The largest absolute Gasteiger partial charge is 0.366 e. The van der Waals surface area contributed by atoms with Crippen LogP contribution in [0.25, 0.3) is 0 Å². The maximum absolute atomic E-state index is 12.8. The Morgan fingerprint density at radius 2 is 1.24 bits per heavy atom. The lowest BCUT2D eigenvalue weighted by molar-refractivity contribution is 0.0714. The van der Waals surface area contributed by atoms with Crippen molar-refractivity contribution in [3.8, 4) is 0 Å². The number of carbonyl (C=O) groups excluding carboxylic acids is 3. The predicted octanol–water partition coefficient (Wildman–Crippen LogP) is 5.63. The lowest BCUT2D eigenvalue weighted by atomic mass is 9.96. The Morgan fingerprint density at radius 1 is 0.722 bits per heavy atom. The van der Waals surface area contributed by atoms with Crippen LogP contribution in [0.4, 0.5) is 33.3 Å². The van der Waals surface area contributed by atoms with Crippen molar-refractivity contribution in [1.29, 1.82) is 0 Å². The molecule has 5 heterocycles. The van der Waals surface area contributed by atoms with E-state index in [1.165, 1.54) is 48.5 Å². The van der Waals surface area contributed by atoms with Gasteiger partial charge in [-0.1, -0.05) is 37.5 Å². The monoisotopic (exact) mass is 769 g/mol. The van der Waals surface area contributed by atoms with Gasteiger partial charge in [-0.2, -0.15) is 8.75 Å². The topological polar surface area (TPSA) is 232 Å². The molecule has 0 spiro atoms. The normalized spacial score (nSPS) is 15.7. The van der Waals surface area contributed by atoms with E-state index in [2.05, 4.69) is 50.0 Å². The molecule has 1 aromatic carbocycles. The first-order chi connectivity index (χ1) is 26.1. The molecular formula is C36H43N13O3S2. The van der Waals surface area contributed by atoms with Crippen molar-refractivity contribution in [2.24, 2.45) is 11.5 Å². The fourth-order valence-corrected chi connectivity index (χ4v) is 7.56. The average molecular weight is 770 g/mol. The van der Waals surface area contributed by atoms with E-state index >= 15 is 0 Å². The first kappa shape index (κ1) is 38.0. The summed E-state index contributed by atoms with van der Waals surface area (Å²) in [6, 6.07) is 13.4. The van der Waals surface area contributed by atoms with Crippen LogP contribution in [0.1, 0.15) is 87.7 Å². The molecule has 1 atom stereocenters. The number of piperidine rings is 1. The fourth-order valence-electron chi connectivity index (χ4n) is 6.24. The summed E-state index contributed by atoms with van der Waals surface area (Å²) in [6.07, 6.45) is 10.9. The van der Waals surface area contributed by atoms with Crippen molar-refractivity contribution in [2.45, 2.75) is 70.9 Å². The van der Waals surface area contributed by atoms with Gasteiger partial charge >= 0.3 is 0 Å². The number of hydrogen-bond acceptors (Lipinski definition) is 15. The Hall–Kier alpha value is -5.75. The molecule has 0 unspecified atom stereocenters. The summed E-state index contributed by atoms with van der Waals surface area (Å²) >= 11 is 2.57. The maximum atomic E-state index is 12.8. The molecule has 1 aliphatic heterocycles. The minimum absolute atomic E-state index is 0.0187. The lowest BCUT2D eigenvalue weighted by Gasteiger charge is -2.33. The summed E-state index contributed by atoms with van der Waals surface area (Å²) < 4.78 is 8.42. The highest BCUT2D eigenvalue weighted by atomic mass is 32.1. The van der Waals surface area contributed by atoms with E-state index in [4.69, 9.17) is 11.5 Å². The number of aromatic nitrogens is 6. The van der Waals surface area contributed by atoms with E-state index < -0.39 is 11.8 Å². The number of primary amides is 2. The molecule has 2 fully saturated rings. The summed E-state index contributed by atoms with van der Waals surface area (Å²) in [4.78, 5) is 55.3. The van der Waals surface area contributed by atoms with Crippen LogP contribution in [-0.2, 0) is 0 Å². The molecule has 3 amide bonds. The Morgan fingerprint density at radius 3 is 1.74 bits per heavy atom. The van der Waals surface area contributed by atoms with Crippen molar-refractivity contribution >= 4 is 74.1 Å². The summed E-state index contributed by atoms with van der Waals surface area (Å²) in [5.41, 5.74) is 13.5. The molecular weight excluding hydrogens is 727 g/mol. The van der Waals surface area contributed by atoms with E-state index in [-0.39, 0.29) is 29.2 Å². The number of likely N-dealkylation sites (tertiary alicyclic amines) is 1. The second-order valence-corrected chi connectivity index (χ2v) is 14.7. The number of amides is 3. The Kier molecular flexibility index (Phi) is 12.6. The van der Waals surface area contributed by atoms with Gasteiger partial charge in [0.25, 0.3) is 17.7 Å². The zero-order valence-corrected chi connectivity index (χ0v) is 31.7. The standard InChI is InChI=1S/C21H23N7O2S.C15H20N6OS/c1-13-10-17(31-27-13)26-20-18(19(22)29)23-11-16(25-20)24-15-8-5-9-28(12-15)21(30)14-6-3-2-4-7-14;1-9-7-12(23-21-9)20-15-13(14(16)22)17-8-11(19-15)18-10-5-3-2-4-6-10/h2-4,6-7,10-11,15H,5,8-9,12H2,1H3,(H2,22,29)(H2,24,25,26);7-8,10H,2-6H2,1H3,(H2,16,22)(H2,18,19,20)/t15-;/m1./s1. The predicted molar refractivity (Wildman–Crippen MR) is 211 cm³/mol. The molecule has 2 aliphatic rings. The van der Waals surface area contributed by atoms with Crippen LogP contribution < -0.4 is 32.7 Å². The second-order valence-electron chi connectivity index (χ2n) is 13.1. The lowest BCUT2D eigenvalue weighted by Crippen LogP contribution is -2.45. The molecule has 18 heteroatoms. The van der Waals surface area contributed by atoms with Gasteiger partial charge in [-0.05, 0) is 86.9 Å². The maximum Gasteiger partial charge on any atom is 0.271 e. The molecule has 0 radical (unpaired) electrons. The van der Waals surface area contributed by atoms with Crippen LogP contribution in [0.5, 0.6) is 0 Å². The highest BCUT2D eigenvalue weighted by Gasteiger charge is 2.25. The number of nitrogens with zero attached hydrogens (tertiary/aromatic N) is 7. The third-order valence-electron chi connectivity index (χ3n) is 8.79. The molecule has 1 saturated heterocycles. The molecule has 4 aromatic heterocycles. The summed E-state index contributed by atoms with van der Waals surface area (Å²) in [5.74, 6) is 0.547. The number of anilines is 6. The van der Waals surface area contributed by atoms with Crippen LogP contribution in [0.15, 0.2) is 54.9 Å². The van der Waals surface area contributed by atoms with Gasteiger partial charge in [-0.3, -0.25) is 14.4 Å². The van der Waals surface area contributed by atoms with Gasteiger partial charge in [-0.25, -0.2) is 19.9 Å². The third-order valence-corrected chi connectivity index (χ3v) is 10.4. The van der Waals surface area contributed by atoms with Gasteiger partial charge in [0.05, 0.1) is 23.8 Å². The molecule has 5 aromatic rings. The molecule has 282 valence electrons. The summed E-state index contributed by atoms with van der Waals surface area (Å²) in [5, 5.41) is 14.5. The molecule has 7 rings (SSSR count). The molecule has 8 N–H and O–H groups in total.